The Balaban J connectivity index is 2.54. The topological polar surface area (TPSA) is 76.7 Å². The molecular weight excluding hydrogens is 304 g/mol. The fourth-order valence-electron chi connectivity index (χ4n) is 1.63. The van der Waals surface area contributed by atoms with Crippen LogP contribution in [0.25, 0.3) is 0 Å². The lowest BCUT2D eigenvalue weighted by molar-refractivity contribution is 0.354. The van der Waals surface area contributed by atoms with E-state index in [1.165, 1.54) is 7.11 Å². The third-order valence-corrected chi connectivity index (χ3v) is 3.50. The Bertz CT molecular complexity index is 549. The van der Waals surface area contributed by atoms with Gasteiger partial charge in [-0.1, -0.05) is 11.6 Å². The maximum absolute atomic E-state index is 10.9. The molecule has 0 amide bonds. The fraction of sp³-hybridized carbons (Fsp3) is 0.500. The second-order valence-corrected chi connectivity index (χ2v) is 6.40. The summed E-state index contributed by atoms with van der Waals surface area (Å²) in [6, 6.07) is 3.60. The molecule has 0 saturated carbocycles. The van der Waals surface area contributed by atoms with Crippen LogP contribution in [0.3, 0.4) is 0 Å². The monoisotopic (exact) mass is 322 g/mol. The van der Waals surface area contributed by atoms with Crippen LogP contribution < -0.4 is 19.5 Å². The summed E-state index contributed by atoms with van der Waals surface area (Å²) in [6.45, 7) is 1.39. The normalized spacial score (nSPS) is 11.4. The summed E-state index contributed by atoms with van der Waals surface area (Å²) in [7, 11) is -0.0739. The van der Waals surface area contributed by atoms with Crippen LogP contribution in [-0.4, -0.2) is 42.0 Å². The van der Waals surface area contributed by atoms with Crippen molar-refractivity contribution in [2.45, 2.75) is 6.54 Å². The molecule has 2 N–H and O–H groups in total. The van der Waals surface area contributed by atoms with E-state index < -0.39 is 10.0 Å². The molecule has 0 aliphatic heterocycles. The van der Waals surface area contributed by atoms with Gasteiger partial charge in [-0.25, -0.2) is 13.1 Å². The van der Waals surface area contributed by atoms with Gasteiger partial charge in [-0.3, -0.25) is 0 Å². The van der Waals surface area contributed by atoms with Gasteiger partial charge in [0.1, 0.15) is 0 Å². The third kappa shape index (κ3) is 5.54. The van der Waals surface area contributed by atoms with Crippen LogP contribution in [0.5, 0.6) is 11.5 Å². The maximum atomic E-state index is 10.9. The van der Waals surface area contributed by atoms with Crippen LogP contribution in [0.15, 0.2) is 12.1 Å². The first kappa shape index (κ1) is 17.0. The predicted molar refractivity (Wildman–Crippen MR) is 79.1 cm³/mol. The van der Waals surface area contributed by atoms with Gasteiger partial charge in [0.05, 0.1) is 25.5 Å². The summed E-state index contributed by atoms with van der Waals surface area (Å²) in [5, 5.41) is 3.58. The van der Waals surface area contributed by atoms with Gasteiger partial charge in [0, 0.05) is 19.6 Å². The summed E-state index contributed by atoms with van der Waals surface area (Å²) in [6.07, 6.45) is 1.13. The highest BCUT2D eigenvalue weighted by Gasteiger charge is 2.10. The van der Waals surface area contributed by atoms with E-state index in [1.54, 1.807) is 13.2 Å². The van der Waals surface area contributed by atoms with Crippen LogP contribution in [0.4, 0.5) is 0 Å². The summed E-state index contributed by atoms with van der Waals surface area (Å²) >= 11 is 6.09. The van der Waals surface area contributed by atoms with Crippen molar-refractivity contribution < 1.29 is 17.9 Å². The van der Waals surface area contributed by atoms with Crippen LogP contribution in [0.2, 0.25) is 5.02 Å². The van der Waals surface area contributed by atoms with Gasteiger partial charge < -0.3 is 14.8 Å². The summed E-state index contributed by atoms with van der Waals surface area (Å²) in [5.41, 5.74) is 0.923. The Morgan fingerprint density at radius 1 is 1.20 bits per heavy atom. The molecule has 8 heteroatoms. The third-order valence-electron chi connectivity index (χ3n) is 2.49. The quantitative estimate of drug-likeness (QED) is 0.698. The molecule has 0 spiro atoms. The standard InChI is InChI=1S/C12H19ClN2O4S/c1-18-11-7-9(6-10(13)12(11)19-2)8-14-4-5-15-20(3,16)17/h6-7,14-15H,4-5,8H2,1-3H3. The Labute approximate surface area is 124 Å². The van der Waals surface area contributed by atoms with Crippen LogP contribution in [0.1, 0.15) is 5.56 Å². The first-order chi connectivity index (χ1) is 9.37. The van der Waals surface area contributed by atoms with Crippen molar-refractivity contribution in [3.05, 3.63) is 22.7 Å². The van der Waals surface area contributed by atoms with E-state index in [4.69, 9.17) is 21.1 Å². The van der Waals surface area contributed by atoms with Gasteiger partial charge in [0.2, 0.25) is 10.0 Å². The van der Waals surface area contributed by atoms with Crippen LogP contribution >= 0.6 is 11.6 Å². The van der Waals surface area contributed by atoms with E-state index in [9.17, 15) is 8.42 Å². The van der Waals surface area contributed by atoms with Crippen LogP contribution in [-0.2, 0) is 16.6 Å². The molecule has 0 radical (unpaired) electrons. The molecule has 0 aliphatic carbocycles. The van der Waals surface area contributed by atoms with Crippen molar-refractivity contribution in [3.8, 4) is 11.5 Å². The number of hydrogen-bond donors (Lipinski definition) is 2. The number of nitrogens with one attached hydrogen (secondary N) is 2. The van der Waals surface area contributed by atoms with E-state index >= 15 is 0 Å². The van der Waals surface area contributed by atoms with Gasteiger partial charge >= 0.3 is 0 Å². The van der Waals surface area contributed by atoms with Crippen molar-refractivity contribution in [2.24, 2.45) is 0 Å². The minimum atomic E-state index is -3.14. The lowest BCUT2D eigenvalue weighted by atomic mass is 10.2. The molecule has 20 heavy (non-hydrogen) atoms. The number of halogens is 1. The molecule has 6 nitrogen and oxygen atoms in total. The van der Waals surface area contributed by atoms with Crippen molar-refractivity contribution in [2.75, 3.05) is 33.6 Å². The van der Waals surface area contributed by atoms with Crippen LogP contribution in [0, 0.1) is 0 Å². The summed E-state index contributed by atoms with van der Waals surface area (Å²) < 4.78 is 34.5. The lowest BCUT2D eigenvalue weighted by Gasteiger charge is -2.12. The highest BCUT2D eigenvalue weighted by molar-refractivity contribution is 7.88. The highest BCUT2D eigenvalue weighted by Crippen LogP contribution is 2.35. The average molecular weight is 323 g/mol. The van der Waals surface area contributed by atoms with Crippen molar-refractivity contribution in [1.29, 1.82) is 0 Å². The van der Waals surface area contributed by atoms with E-state index in [0.29, 0.717) is 36.2 Å². The number of ether oxygens (including phenoxy) is 2. The maximum Gasteiger partial charge on any atom is 0.208 e. The number of methoxy groups -OCH3 is 2. The number of hydrogen-bond acceptors (Lipinski definition) is 5. The van der Waals surface area contributed by atoms with Gasteiger partial charge in [-0.2, -0.15) is 0 Å². The Kier molecular flexibility index (Phi) is 6.54. The molecule has 0 heterocycles. The molecule has 0 aromatic heterocycles. The molecule has 1 aromatic rings. The molecule has 0 fully saturated rings. The first-order valence-corrected chi connectivity index (χ1v) is 8.20. The fourth-order valence-corrected chi connectivity index (χ4v) is 2.41. The van der Waals surface area contributed by atoms with Crippen molar-refractivity contribution in [1.82, 2.24) is 10.0 Å². The van der Waals surface area contributed by atoms with E-state index in [2.05, 4.69) is 10.0 Å². The molecule has 0 bridgehead atoms. The molecule has 1 rings (SSSR count). The minimum absolute atomic E-state index is 0.333. The molecule has 0 saturated heterocycles. The summed E-state index contributed by atoms with van der Waals surface area (Å²) in [4.78, 5) is 0. The smallest absolute Gasteiger partial charge is 0.208 e. The average Bonchev–Trinajstić information content (AvgIpc) is 2.36. The van der Waals surface area contributed by atoms with Gasteiger partial charge in [-0.15, -0.1) is 0 Å². The zero-order chi connectivity index (χ0) is 15.2. The first-order valence-electron chi connectivity index (χ1n) is 5.93. The SMILES string of the molecule is COc1cc(CNCCNS(C)(=O)=O)cc(Cl)c1OC. The van der Waals surface area contributed by atoms with Gasteiger partial charge in [0.15, 0.2) is 11.5 Å². The number of sulfonamides is 1. The van der Waals surface area contributed by atoms with E-state index in [-0.39, 0.29) is 0 Å². The molecule has 114 valence electrons. The molecule has 0 aliphatic rings. The second-order valence-electron chi connectivity index (χ2n) is 4.16. The Hall–Kier alpha value is -1.02. The Morgan fingerprint density at radius 2 is 1.90 bits per heavy atom. The minimum Gasteiger partial charge on any atom is -0.493 e. The lowest BCUT2D eigenvalue weighted by Crippen LogP contribution is -2.30. The van der Waals surface area contributed by atoms with Crippen molar-refractivity contribution in [3.63, 3.8) is 0 Å². The molecule has 0 unspecified atom stereocenters. The highest BCUT2D eigenvalue weighted by atomic mass is 35.5. The molecule has 1 aromatic carbocycles. The van der Waals surface area contributed by atoms with Gasteiger partial charge in [0.25, 0.3) is 0 Å². The number of rotatable bonds is 8. The predicted octanol–water partition coefficient (Wildman–Crippen LogP) is 0.996. The van der Waals surface area contributed by atoms with Crippen molar-refractivity contribution >= 4 is 21.6 Å². The largest absolute Gasteiger partial charge is 0.493 e. The zero-order valence-electron chi connectivity index (χ0n) is 11.7. The zero-order valence-corrected chi connectivity index (χ0v) is 13.3. The van der Waals surface area contributed by atoms with E-state index in [1.807, 2.05) is 6.07 Å². The molecule has 0 atom stereocenters. The van der Waals surface area contributed by atoms with E-state index in [0.717, 1.165) is 11.8 Å². The second kappa shape index (κ2) is 7.68. The van der Waals surface area contributed by atoms with Gasteiger partial charge in [-0.05, 0) is 17.7 Å². The Morgan fingerprint density at radius 3 is 2.45 bits per heavy atom. The summed E-state index contributed by atoms with van der Waals surface area (Å²) in [5.74, 6) is 1.06. The number of benzene rings is 1. The molecular formula is C12H19ClN2O4S.